The van der Waals surface area contributed by atoms with Gasteiger partial charge >= 0.3 is 5.97 Å². The number of ketones is 1. The van der Waals surface area contributed by atoms with Crippen LogP contribution < -0.4 is 0 Å². The van der Waals surface area contributed by atoms with E-state index in [1.54, 1.807) is 0 Å². The molecule has 33 heavy (non-hydrogen) atoms. The Bertz CT molecular complexity index is 814. The van der Waals surface area contributed by atoms with Gasteiger partial charge in [-0.25, -0.2) is 0 Å². The SMILES string of the molecule is CC(=O)O[C@H]1CC[C@@]2(C)[C@H](C1)C(=O)C=C1[C@@H]3CC[C@H]([C@H](C)CCCC(C)C)[C@@]3(C)CC[C@@]12O. The Hall–Kier alpha value is -1.16. The van der Waals surface area contributed by atoms with Crippen molar-refractivity contribution in [1.29, 1.82) is 0 Å². The first-order valence-corrected chi connectivity index (χ1v) is 13.6. The van der Waals surface area contributed by atoms with Gasteiger partial charge in [0.2, 0.25) is 0 Å². The molecular weight excluding hydrogens is 412 g/mol. The van der Waals surface area contributed by atoms with Gasteiger partial charge in [0.05, 0.1) is 5.60 Å². The van der Waals surface area contributed by atoms with Gasteiger partial charge in [0.1, 0.15) is 6.10 Å². The standard InChI is InChI=1S/C29H46O4/c1-18(2)8-7-9-19(3)22-10-11-23-24-17-26(31)25-16-21(33-20(4)30)12-13-28(25,6)29(24,32)15-14-27(22,23)5/h17-19,21-23,25,32H,7-16H2,1-6H3/t19-,21+,22-,23+,25-,27-,28+,29-/m1/s1. The molecule has 0 amide bonds. The molecule has 0 unspecified atom stereocenters. The second kappa shape index (κ2) is 8.81. The summed E-state index contributed by atoms with van der Waals surface area (Å²) in [5, 5.41) is 12.3. The molecule has 4 nitrogen and oxygen atoms in total. The molecule has 4 aliphatic rings. The van der Waals surface area contributed by atoms with Crippen molar-refractivity contribution < 1.29 is 19.4 Å². The molecule has 3 saturated carbocycles. The normalized spacial score (nSPS) is 43.4. The summed E-state index contributed by atoms with van der Waals surface area (Å²) in [5.41, 5.74) is -0.157. The Morgan fingerprint density at radius 1 is 1.09 bits per heavy atom. The second-order valence-electron chi connectivity index (χ2n) is 12.9. The van der Waals surface area contributed by atoms with Crippen molar-refractivity contribution in [2.75, 3.05) is 0 Å². The lowest BCUT2D eigenvalue weighted by Crippen LogP contribution is -2.63. The zero-order valence-electron chi connectivity index (χ0n) is 21.8. The maximum absolute atomic E-state index is 13.4. The molecule has 1 N–H and O–H groups in total. The fraction of sp³-hybridized carbons (Fsp3) is 0.862. The van der Waals surface area contributed by atoms with E-state index in [2.05, 4.69) is 34.6 Å². The predicted octanol–water partition coefficient (Wildman–Crippen LogP) is 6.25. The van der Waals surface area contributed by atoms with Crippen LogP contribution in [-0.4, -0.2) is 28.6 Å². The van der Waals surface area contributed by atoms with Crippen LogP contribution >= 0.6 is 0 Å². The third kappa shape index (κ3) is 4.02. The van der Waals surface area contributed by atoms with Gasteiger partial charge in [-0.2, -0.15) is 0 Å². The molecule has 0 aromatic heterocycles. The number of hydrogen-bond donors (Lipinski definition) is 1. The Balaban J connectivity index is 1.58. The van der Waals surface area contributed by atoms with E-state index in [4.69, 9.17) is 4.74 Å². The summed E-state index contributed by atoms with van der Waals surface area (Å²) in [4.78, 5) is 24.9. The Morgan fingerprint density at radius 2 is 1.82 bits per heavy atom. The number of aliphatic hydroxyl groups is 1. The molecule has 4 aliphatic carbocycles. The molecule has 186 valence electrons. The number of carbonyl (C=O) groups excluding carboxylic acids is 2. The first-order chi connectivity index (χ1) is 15.4. The fourth-order valence-corrected chi connectivity index (χ4v) is 8.63. The van der Waals surface area contributed by atoms with Crippen LogP contribution in [-0.2, 0) is 14.3 Å². The van der Waals surface area contributed by atoms with Crippen LogP contribution in [0.1, 0.15) is 106 Å². The van der Waals surface area contributed by atoms with E-state index in [-0.39, 0.29) is 29.2 Å². The van der Waals surface area contributed by atoms with E-state index in [0.29, 0.717) is 24.2 Å². The van der Waals surface area contributed by atoms with Crippen molar-refractivity contribution >= 4 is 11.8 Å². The van der Waals surface area contributed by atoms with Crippen LogP contribution in [0, 0.1) is 40.4 Å². The highest BCUT2D eigenvalue weighted by Gasteiger charge is 2.66. The third-order valence-electron chi connectivity index (χ3n) is 10.6. The molecule has 0 bridgehead atoms. The summed E-state index contributed by atoms with van der Waals surface area (Å²) < 4.78 is 5.48. The fourth-order valence-electron chi connectivity index (χ4n) is 8.63. The van der Waals surface area contributed by atoms with Crippen molar-refractivity contribution in [3.63, 3.8) is 0 Å². The van der Waals surface area contributed by atoms with Gasteiger partial charge in [-0.3, -0.25) is 9.59 Å². The van der Waals surface area contributed by atoms with Crippen LogP contribution in [0.5, 0.6) is 0 Å². The highest BCUT2D eigenvalue weighted by atomic mass is 16.5. The molecule has 0 aliphatic heterocycles. The van der Waals surface area contributed by atoms with Gasteiger partial charge in [-0.15, -0.1) is 0 Å². The molecular formula is C29H46O4. The molecule has 0 aromatic rings. The Kier molecular flexibility index (Phi) is 6.66. The van der Waals surface area contributed by atoms with E-state index in [1.165, 1.54) is 32.6 Å². The van der Waals surface area contributed by atoms with Gasteiger partial charge in [0.25, 0.3) is 0 Å². The van der Waals surface area contributed by atoms with Gasteiger partial charge in [0, 0.05) is 18.3 Å². The highest BCUT2D eigenvalue weighted by Crippen LogP contribution is 2.68. The number of esters is 1. The van der Waals surface area contributed by atoms with Crippen LogP contribution in [0.15, 0.2) is 11.6 Å². The zero-order valence-corrected chi connectivity index (χ0v) is 21.8. The average molecular weight is 459 g/mol. The lowest BCUT2D eigenvalue weighted by atomic mass is 9.45. The van der Waals surface area contributed by atoms with E-state index in [0.717, 1.165) is 43.6 Å². The number of carbonyl (C=O) groups is 2. The van der Waals surface area contributed by atoms with Crippen molar-refractivity contribution in [3.8, 4) is 0 Å². The van der Waals surface area contributed by atoms with E-state index < -0.39 is 11.0 Å². The first-order valence-electron chi connectivity index (χ1n) is 13.6. The van der Waals surface area contributed by atoms with Crippen molar-refractivity contribution in [3.05, 3.63) is 11.6 Å². The minimum atomic E-state index is -0.910. The molecule has 0 aromatic carbocycles. The van der Waals surface area contributed by atoms with Gasteiger partial charge < -0.3 is 9.84 Å². The average Bonchev–Trinajstić information content (AvgIpc) is 3.07. The summed E-state index contributed by atoms with van der Waals surface area (Å²) in [6, 6.07) is 0. The van der Waals surface area contributed by atoms with Gasteiger partial charge in [-0.1, -0.05) is 53.9 Å². The number of allylic oxidation sites excluding steroid dienone is 1. The lowest BCUT2D eigenvalue weighted by Gasteiger charge is -2.61. The second-order valence-corrected chi connectivity index (χ2v) is 12.9. The van der Waals surface area contributed by atoms with Crippen molar-refractivity contribution in [2.24, 2.45) is 40.4 Å². The maximum atomic E-state index is 13.4. The van der Waals surface area contributed by atoms with Crippen LogP contribution in [0.3, 0.4) is 0 Å². The summed E-state index contributed by atoms with van der Waals surface area (Å²) in [5.74, 6) is 2.02. The quantitative estimate of drug-likeness (QED) is 0.478. The number of hydrogen-bond acceptors (Lipinski definition) is 4. The summed E-state index contributed by atoms with van der Waals surface area (Å²) >= 11 is 0. The summed E-state index contributed by atoms with van der Waals surface area (Å²) in [6.45, 7) is 13.1. The molecule has 0 heterocycles. The van der Waals surface area contributed by atoms with E-state index >= 15 is 0 Å². The van der Waals surface area contributed by atoms with Gasteiger partial charge in [0.15, 0.2) is 5.78 Å². The topological polar surface area (TPSA) is 63.6 Å². The van der Waals surface area contributed by atoms with Crippen LogP contribution in [0.25, 0.3) is 0 Å². The molecule has 0 radical (unpaired) electrons. The molecule has 3 fully saturated rings. The maximum Gasteiger partial charge on any atom is 0.302 e. The van der Waals surface area contributed by atoms with E-state index in [1.807, 2.05) is 6.08 Å². The first kappa shape index (κ1) is 24.9. The molecule has 0 spiro atoms. The minimum Gasteiger partial charge on any atom is -0.463 e. The predicted molar refractivity (Wildman–Crippen MR) is 130 cm³/mol. The number of ether oxygens (including phenoxy) is 1. The largest absolute Gasteiger partial charge is 0.463 e. The van der Waals surface area contributed by atoms with Crippen molar-refractivity contribution in [2.45, 2.75) is 117 Å². The number of rotatable bonds is 6. The van der Waals surface area contributed by atoms with Crippen molar-refractivity contribution in [1.82, 2.24) is 0 Å². The minimum absolute atomic E-state index is 0.145. The van der Waals surface area contributed by atoms with Gasteiger partial charge in [-0.05, 0) is 85.7 Å². The number of fused-ring (bicyclic) bond motifs is 5. The Morgan fingerprint density at radius 3 is 2.48 bits per heavy atom. The molecule has 4 heteroatoms. The highest BCUT2D eigenvalue weighted by molar-refractivity contribution is 5.95. The lowest BCUT2D eigenvalue weighted by molar-refractivity contribution is -0.175. The monoisotopic (exact) mass is 458 g/mol. The summed E-state index contributed by atoms with van der Waals surface area (Å²) in [7, 11) is 0. The smallest absolute Gasteiger partial charge is 0.302 e. The molecule has 8 atom stereocenters. The Labute approximate surface area is 200 Å². The van der Waals surface area contributed by atoms with Crippen LogP contribution in [0.4, 0.5) is 0 Å². The van der Waals surface area contributed by atoms with E-state index in [9.17, 15) is 14.7 Å². The van der Waals surface area contributed by atoms with Crippen LogP contribution in [0.2, 0.25) is 0 Å². The third-order valence-corrected chi connectivity index (χ3v) is 10.6. The summed E-state index contributed by atoms with van der Waals surface area (Å²) in [6.07, 6.45) is 11.6. The molecule has 0 saturated heterocycles. The molecule has 4 rings (SSSR count). The zero-order chi connectivity index (χ0) is 24.2.